The summed E-state index contributed by atoms with van der Waals surface area (Å²) in [4.78, 5) is 27.2. The van der Waals surface area contributed by atoms with Crippen LogP contribution in [0.2, 0.25) is 5.02 Å². The molecule has 1 aliphatic heterocycles. The number of likely N-dealkylation sites (tertiary alicyclic amines) is 1. The van der Waals surface area contributed by atoms with Gasteiger partial charge in [-0.1, -0.05) is 31.0 Å². The van der Waals surface area contributed by atoms with E-state index < -0.39 is 56.3 Å². The van der Waals surface area contributed by atoms with Crippen molar-refractivity contribution >= 4 is 45.5 Å². The van der Waals surface area contributed by atoms with Gasteiger partial charge in [0.05, 0.1) is 22.1 Å². The number of hydrogen-bond acceptors (Lipinski definition) is 7. The highest BCUT2D eigenvalue weighted by molar-refractivity contribution is 8.26. The van der Waals surface area contributed by atoms with Gasteiger partial charge in [-0.25, -0.2) is 4.39 Å². The average molecular weight is 631 g/mol. The fourth-order valence-corrected chi connectivity index (χ4v) is 5.27. The number of thioether (sulfide) groups is 1. The molecule has 2 aromatic carbocycles. The monoisotopic (exact) mass is 630 g/mol. The van der Waals surface area contributed by atoms with E-state index >= 15 is 0 Å². The summed E-state index contributed by atoms with van der Waals surface area (Å²) in [6.45, 7) is 3.22. The summed E-state index contributed by atoms with van der Waals surface area (Å²) in [5.41, 5.74) is -1.39. The lowest BCUT2D eigenvalue weighted by molar-refractivity contribution is -0.143. The van der Waals surface area contributed by atoms with Crippen LogP contribution in [0.5, 0.6) is 5.75 Å². The number of rotatable bonds is 10. The molecule has 42 heavy (non-hydrogen) atoms. The number of halogens is 5. The Kier molecular flexibility index (Phi) is 11.8. The third-order valence-corrected chi connectivity index (χ3v) is 7.99. The number of carbonyl (C=O) groups is 2. The van der Waals surface area contributed by atoms with Crippen molar-refractivity contribution < 1.29 is 37.0 Å². The summed E-state index contributed by atoms with van der Waals surface area (Å²) >= 11 is 6.45. The molecule has 0 saturated carbocycles. The number of carboxylic acids is 1. The maximum absolute atomic E-state index is 13.9. The second-order valence-corrected chi connectivity index (χ2v) is 11.0. The van der Waals surface area contributed by atoms with Gasteiger partial charge in [0.1, 0.15) is 23.2 Å². The van der Waals surface area contributed by atoms with E-state index in [2.05, 4.69) is 0 Å². The number of alkyl halides is 3. The zero-order valence-corrected chi connectivity index (χ0v) is 24.3. The van der Waals surface area contributed by atoms with E-state index in [1.807, 2.05) is 11.8 Å². The molecule has 0 aromatic heterocycles. The van der Waals surface area contributed by atoms with E-state index in [9.17, 15) is 27.2 Å². The molecule has 1 fully saturated rings. The van der Waals surface area contributed by atoms with Gasteiger partial charge in [-0.3, -0.25) is 30.2 Å². The van der Waals surface area contributed by atoms with Crippen molar-refractivity contribution in [1.29, 1.82) is 10.8 Å². The van der Waals surface area contributed by atoms with Crippen LogP contribution in [0, 0.1) is 22.6 Å². The number of nitrogens with zero attached hydrogens (tertiary/aromatic N) is 2. The van der Waals surface area contributed by atoms with Gasteiger partial charge in [-0.05, 0) is 74.4 Å². The third-order valence-electron chi connectivity index (χ3n) is 6.76. The number of amidine groups is 1. The van der Waals surface area contributed by atoms with Crippen LogP contribution in [0.15, 0.2) is 36.4 Å². The van der Waals surface area contributed by atoms with Crippen LogP contribution in [0.3, 0.4) is 0 Å². The van der Waals surface area contributed by atoms with Gasteiger partial charge in [-0.2, -0.15) is 13.2 Å². The van der Waals surface area contributed by atoms with Gasteiger partial charge in [0, 0.05) is 18.7 Å². The van der Waals surface area contributed by atoms with Crippen LogP contribution in [-0.4, -0.2) is 69.8 Å². The van der Waals surface area contributed by atoms with Crippen molar-refractivity contribution in [2.75, 3.05) is 32.8 Å². The van der Waals surface area contributed by atoms with E-state index in [4.69, 9.17) is 32.3 Å². The lowest BCUT2D eigenvalue weighted by Gasteiger charge is -2.29. The minimum atomic E-state index is -4.79. The average Bonchev–Trinajstić information content (AvgIpc) is 2.94. The number of amides is 1. The fraction of sp³-hybridized carbons (Fsp3) is 0.429. The molecule has 1 amide bonds. The Balaban J connectivity index is 1.71. The van der Waals surface area contributed by atoms with Crippen LogP contribution in [-0.2, 0) is 11.0 Å². The number of aliphatic carboxylic acids is 1. The fourth-order valence-electron chi connectivity index (χ4n) is 4.34. The third kappa shape index (κ3) is 8.68. The number of unbranched alkanes of at least 4 members (excludes halogenated alkanes) is 1. The van der Waals surface area contributed by atoms with Crippen molar-refractivity contribution in [3.05, 3.63) is 63.9 Å². The molecule has 1 saturated heterocycles. The minimum Gasteiger partial charge on any atom is -0.492 e. The Morgan fingerprint density at radius 3 is 2.50 bits per heavy atom. The van der Waals surface area contributed by atoms with Gasteiger partial charge in [0.2, 0.25) is 0 Å². The molecule has 0 spiro atoms. The number of benzene rings is 2. The van der Waals surface area contributed by atoms with E-state index in [-0.39, 0.29) is 24.3 Å². The lowest BCUT2D eigenvalue weighted by Crippen LogP contribution is -2.38. The van der Waals surface area contributed by atoms with Crippen molar-refractivity contribution in [3.63, 3.8) is 0 Å². The van der Waals surface area contributed by atoms with Crippen molar-refractivity contribution in [2.45, 2.75) is 38.8 Å². The summed E-state index contributed by atoms with van der Waals surface area (Å²) in [7, 11) is 0. The van der Waals surface area contributed by atoms with Crippen LogP contribution < -0.4 is 4.74 Å². The van der Waals surface area contributed by atoms with Crippen LogP contribution in [0.1, 0.15) is 54.1 Å². The molecule has 228 valence electrons. The summed E-state index contributed by atoms with van der Waals surface area (Å²) in [5.74, 6) is -3.26. The molecule has 3 N–H and O–H groups in total. The zero-order valence-electron chi connectivity index (χ0n) is 22.8. The molecule has 3 rings (SSSR count). The van der Waals surface area contributed by atoms with Crippen molar-refractivity contribution in [1.82, 2.24) is 9.80 Å². The van der Waals surface area contributed by atoms with Gasteiger partial charge in [-0.15, -0.1) is 0 Å². The Morgan fingerprint density at radius 1 is 1.19 bits per heavy atom. The number of ether oxygens (including phenoxy) is 1. The van der Waals surface area contributed by atoms with Crippen LogP contribution in [0.25, 0.3) is 0 Å². The van der Waals surface area contributed by atoms with Crippen LogP contribution in [0.4, 0.5) is 17.6 Å². The Morgan fingerprint density at radius 2 is 1.88 bits per heavy atom. The Hall–Kier alpha value is -3.16. The second-order valence-electron chi connectivity index (χ2n) is 9.66. The zero-order chi connectivity index (χ0) is 31.0. The first kappa shape index (κ1) is 33.3. The Labute approximate surface area is 250 Å². The standard InChI is InChI=1S/C28H31ClF4N4O4S/c1-2-3-11-37(25(38)19-5-4-6-21(30)23(19)29)27(35)42-24(34)18-7-8-22(20(16-18)28(31,32)33)41-15-14-36-12-9-17(10-13-36)26(39)40/h4-8,16-17,34-35H,2-3,9-15H2,1H3,(H,39,40). The first-order valence-corrected chi connectivity index (χ1v) is 14.4. The predicted octanol–water partition coefficient (Wildman–Crippen LogP) is 6.61. The maximum atomic E-state index is 13.9. The highest BCUT2D eigenvalue weighted by Gasteiger charge is 2.35. The molecule has 0 radical (unpaired) electrons. The Bertz CT molecular complexity index is 1320. The molecule has 0 atom stereocenters. The molecular weight excluding hydrogens is 600 g/mol. The maximum Gasteiger partial charge on any atom is 0.419 e. The van der Waals surface area contributed by atoms with E-state index in [0.29, 0.717) is 57.1 Å². The van der Waals surface area contributed by atoms with Crippen molar-refractivity contribution in [2.24, 2.45) is 5.92 Å². The lowest BCUT2D eigenvalue weighted by atomic mass is 9.97. The topological polar surface area (TPSA) is 118 Å². The molecule has 2 aromatic rings. The molecule has 14 heteroatoms. The van der Waals surface area contributed by atoms with Gasteiger partial charge in [0.15, 0.2) is 5.17 Å². The van der Waals surface area contributed by atoms with E-state index in [1.54, 1.807) is 0 Å². The van der Waals surface area contributed by atoms with Crippen LogP contribution >= 0.6 is 23.4 Å². The largest absolute Gasteiger partial charge is 0.492 e. The summed E-state index contributed by atoms with van der Waals surface area (Å²) < 4.78 is 61.2. The molecule has 1 heterocycles. The first-order valence-electron chi connectivity index (χ1n) is 13.2. The number of carboxylic acid groups (broad SMARTS) is 1. The molecule has 0 aliphatic carbocycles. The number of piperidine rings is 1. The van der Waals surface area contributed by atoms with Gasteiger partial charge < -0.3 is 9.84 Å². The van der Waals surface area contributed by atoms with Crippen molar-refractivity contribution in [3.8, 4) is 5.75 Å². The molecule has 1 aliphatic rings. The number of carbonyl (C=O) groups excluding carboxylic acids is 1. The van der Waals surface area contributed by atoms with Gasteiger partial charge >= 0.3 is 12.1 Å². The molecule has 0 bridgehead atoms. The highest BCUT2D eigenvalue weighted by Crippen LogP contribution is 2.37. The normalized spacial score (nSPS) is 14.4. The predicted molar refractivity (Wildman–Crippen MR) is 153 cm³/mol. The molecule has 8 nitrogen and oxygen atoms in total. The molecule has 0 unspecified atom stereocenters. The highest BCUT2D eigenvalue weighted by atomic mass is 35.5. The SMILES string of the molecule is CCCCN(C(=N)SC(=N)c1ccc(OCCN2CCC(C(=O)O)CC2)c(C(F)(F)F)c1)C(=O)c1cccc(F)c1Cl. The number of hydrogen-bond donors (Lipinski definition) is 3. The number of nitrogens with one attached hydrogen (secondary N) is 2. The minimum absolute atomic E-state index is 0.0475. The van der Waals surface area contributed by atoms with E-state index in [0.717, 1.165) is 23.1 Å². The summed E-state index contributed by atoms with van der Waals surface area (Å²) in [6.07, 6.45) is -2.72. The van der Waals surface area contributed by atoms with E-state index in [1.165, 1.54) is 18.2 Å². The summed E-state index contributed by atoms with van der Waals surface area (Å²) in [5, 5.41) is 24.7. The second kappa shape index (κ2) is 14.8. The summed E-state index contributed by atoms with van der Waals surface area (Å²) in [6, 6.07) is 6.84. The van der Waals surface area contributed by atoms with Gasteiger partial charge in [0.25, 0.3) is 5.91 Å². The molecular formula is C28H31ClF4N4O4S. The smallest absolute Gasteiger partial charge is 0.419 e. The quantitative estimate of drug-likeness (QED) is 0.155. The first-order chi connectivity index (χ1) is 19.8.